The van der Waals surface area contributed by atoms with Crippen LogP contribution in [0.1, 0.15) is 92.9 Å². The van der Waals surface area contributed by atoms with Crippen LogP contribution in [0, 0.1) is 46.3 Å². The maximum Gasteiger partial charge on any atom is 0.187 e. The van der Waals surface area contributed by atoms with Crippen LogP contribution in [-0.4, -0.2) is 164 Å². The molecule has 4 aliphatic carbocycles. The second-order valence-corrected chi connectivity index (χ2v) is 20.7. The van der Waals surface area contributed by atoms with Gasteiger partial charge in [0, 0.05) is 24.2 Å². The van der Waals surface area contributed by atoms with Crippen molar-refractivity contribution in [2.75, 3.05) is 13.2 Å². The number of hydrogen-bond donors (Lipinski definition) is 8. The van der Waals surface area contributed by atoms with Crippen LogP contribution in [0.5, 0.6) is 0 Å². The molecular weight excluding hydrogens is 784 g/mol. The minimum atomic E-state index is -1.72. The fraction of sp³-hybridized carbons (Fsp3) is 0.955. The zero-order valence-electron chi connectivity index (χ0n) is 35.8. The van der Waals surface area contributed by atoms with Crippen LogP contribution >= 0.6 is 0 Å². The highest BCUT2D eigenvalue weighted by Gasteiger charge is 2.69. The minimum Gasteiger partial charge on any atom is -0.393 e. The van der Waals surface area contributed by atoms with Gasteiger partial charge in [0.1, 0.15) is 54.9 Å². The SMILES string of the molecule is C[C@@H]1CC[C@@]2(OC1)O[C@H]1C[C@H]3[C@@H]4CC=C5C[C@@H](O)C[C@@H](O[C@@H]6O[C@H](C)[C@H](O)[C@H](O[C@@H]7OC[C@@H](O)[C@H](O)[C@H]7O)[C@@H]6O[C@@H]6O[C@@H](C)[C@H](O)[C@@H](O)[C@H]6O)[C@]5(C)[C@H]4CC[C@]3(C)[C@H]1[C@@H]2C. The van der Waals surface area contributed by atoms with Crippen molar-refractivity contribution < 1.29 is 78.7 Å². The zero-order valence-corrected chi connectivity index (χ0v) is 35.8. The summed E-state index contributed by atoms with van der Waals surface area (Å²) in [5.41, 5.74) is 0.681. The Hall–Kier alpha value is -0.900. The Balaban J connectivity index is 1.01. The van der Waals surface area contributed by atoms with Gasteiger partial charge in [-0.1, -0.05) is 39.3 Å². The molecule has 16 nitrogen and oxygen atoms in total. The molecule has 8 fully saturated rings. The van der Waals surface area contributed by atoms with Gasteiger partial charge in [-0.05, 0) is 87.4 Å². The molecule has 9 rings (SSSR count). The van der Waals surface area contributed by atoms with Gasteiger partial charge in [-0.15, -0.1) is 0 Å². The van der Waals surface area contributed by atoms with E-state index in [1.54, 1.807) is 6.92 Å². The smallest absolute Gasteiger partial charge is 0.187 e. The Morgan fingerprint density at radius 3 is 2.12 bits per heavy atom. The fourth-order valence-electron chi connectivity index (χ4n) is 13.8. The topological polar surface area (TPSA) is 236 Å². The van der Waals surface area contributed by atoms with Gasteiger partial charge in [-0.2, -0.15) is 0 Å². The second-order valence-electron chi connectivity index (χ2n) is 20.7. The van der Waals surface area contributed by atoms with Crippen LogP contribution in [-0.2, 0) is 37.9 Å². The van der Waals surface area contributed by atoms with Gasteiger partial charge in [-0.25, -0.2) is 0 Å². The van der Waals surface area contributed by atoms with Gasteiger partial charge >= 0.3 is 0 Å². The number of hydrogen-bond acceptors (Lipinski definition) is 16. The molecule has 0 aromatic rings. The van der Waals surface area contributed by atoms with E-state index >= 15 is 0 Å². The lowest BCUT2D eigenvalue weighted by atomic mass is 9.46. The molecule has 8 N–H and O–H groups in total. The third-order valence-electron chi connectivity index (χ3n) is 17.3. The molecule has 16 heteroatoms. The van der Waals surface area contributed by atoms with Crippen molar-refractivity contribution in [2.45, 2.75) is 203 Å². The molecule has 0 aromatic carbocycles. The zero-order chi connectivity index (χ0) is 42.8. The molecule has 9 aliphatic rings. The van der Waals surface area contributed by atoms with E-state index in [2.05, 4.69) is 33.8 Å². The third-order valence-corrected chi connectivity index (χ3v) is 17.3. The van der Waals surface area contributed by atoms with E-state index in [-0.39, 0.29) is 36.4 Å². The van der Waals surface area contributed by atoms with Gasteiger partial charge < -0.3 is 78.7 Å². The molecule has 5 saturated heterocycles. The summed E-state index contributed by atoms with van der Waals surface area (Å²) >= 11 is 0. The van der Waals surface area contributed by atoms with Crippen LogP contribution < -0.4 is 0 Å². The van der Waals surface area contributed by atoms with Crippen molar-refractivity contribution in [3.8, 4) is 0 Å². The quantitative estimate of drug-likeness (QED) is 0.173. The van der Waals surface area contributed by atoms with Crippen LogP contribution in [0.3, 0.4) is 0 Å². The maximum absolute atomic E-state index is 11.6. The Kier molecular flexibility index (Phi) is 12.0. The van der Waals surface area contributed by atoms with Crippen LogP contribution in [0.2, 0.25) is 0 Å². The average Bonchev–Trinajstić information content (AvgIpc) is 3.66. The molecule has 0 unspecified atom stereocenters. The third kappa shape index (κ3) is 7.01. The number of aliphatic hydroxyl groups is 8. The minimum absolute atomic E-state index is 0.0699. The Morgan fingerprint density at radius 1 is 0.683 bits per heavy atom. The highest BCUT2D eigenvalue weighted by atomic mass is 16.8. The molecule has 0 aromatic heterocycles. The van der Waals surface area contributed by atoms with E-state index in [1.807, 2.05) is 0 Å². The summed E-state index contributed by atoms with van der Waals surface area (Å²) < 4.78 is 51.1. The highest BCUT2D eigenvalue weighted by Crippen LogP contribution is 2.71. The molecule has 0 amide bonds. The van der Waals surface area contributed by atoms with Crippen molar-refractivity contribution in [3.63, 3.8) is 0 Å². The molecule has 5 aliphatic heterocycles. The Bertz CT molecular complexity index is 1580. The number of ether oxygens (including phenoxy) is 8. The molecule has 0 radical (unpaired) electrons. The number of fused-ring (bicyclic) bond motifs is 7. The summed E-state index contributed by atoms with van der Waals surface area (Å²) in [7, 11) is 0. The predicted octanol–water partition coefficient (Wildman–Crippen LogP) is 0.852. The lowest BCUT2D eigenvalue weighted by Gasteiger charge is -2.60. The number of rotatable bonds is 6. The largest absolute Gasteiger partial charge is 0.393 e. The van der Waals surface area contributed by atoms with E-state index in [4.69, 9.17) is 37.9 Å². The molecule has 342 valence electrons. The fourth-order valence-corrected chi connectivity index (χ4v) is 13.8. The first-order valence-electron chi connectivity index (χ1n) is 22.7. The average molecular weight is 855 g/mol. The number of allylic oxidation sites excluding steroid dienone is 1. The molecule has 60 heavy (non-hydrogen) atoms. The first kappa shape index (κ1) is 44.3. The monoisotopic (exact) mass is 854 g/mol. The normalized spacial score (nSPS) is 59.2. The second kappa shape index (κ2) is 16.2. The molecule has 0 bridgehead atoms. The molecule has 3 saturated carbocycles. The van der Waals surface area contributed by atoms with Crippen molar-refractivity contribution in [3.05, 3.63) is 11.6 Å². The van der Waals surface area contributed by atoms with Crippen molar-refractivity contribution in [2.24, 2.45) is 46.3 Å². The summed E-state index contributed by atoms with van der Waals surface area (Å²) in [5, 5.41) is 86.8. The summed E-state index contributed by atoms with van der Waals surface area (Å²) in [5.74, 6) is 1.67. The van der Waals surface area contributed by atoms with Gasteiger partial charge in [-0.3, -0.25) is 0 Å². The standard InChI is InChI=1S/C44H70O16/c1-18-9-12-44(54-16-18)19(2)30-28(60-44)15-26-24-8-7-22-13-23(45)14-29(43(22,6)25(24)10-11-42(26,30)5)57-41-38(59-40-36(52)34(50)31(47)20(3)55-40)37(32(48)21(4)56-41)58-39-35(51)33(49)27(46)17-53-39/h7,18-21,23-41,45-52H,8-17H2,1-6H3/t18-,19+,20+,21-,23-,24-,25+,26+,27-,28+,29-,30+,31+,32+,33+,34-,35-,36-,37+,38+,39+,40+,41+,42+,43+,44-/m1/s1. The van der Waals surface area contributed by atoms with Crippen LogP contribution in [0.4, 0.5) is 0 Å². The van der Waals surface area contributed by atoms with E-state index in [0.29, 0.717) is 30.1 Å². The van der Waals surface area contributed by atoms with Crippen molar-refractivity contribution >= 4 is 0 Å². The van der Waals surface area contributed by atoms with Gasteiger partial charge in [0.05, 0.1) is 43.7 Å². The van der Waals surface area contributed by atoms with E-state index in [0.717, 1.165) is 50.7 Å². The van der Waals surface area contributed by atoms with Gasteiger partial charge in [0.25, 0.3) is 0 Å². The maximum atomic E-state index is 11.6. The van der Waals surface area contributed by atoms with Crippen molar-refractivity contribution in [1.82, 2.24) is 0 Å². The summed E-state index contributed by atoms with van der Waals surface area (Å²) in [4.78, 5) is 0. The first-order chi connectivity index (χ1) is 28.4. The van der Waals surface area contributed by atoms with Gasteiger partial charge in [0.2, 0.25) is 0 Å². The highest BCUT2D eigenvalue weighted by molar-refractivity contribution is 5.29. The Labute approximate surface area is 352 Å². The van der Waals surface area contributed by atoms with E-state index in [9.17, 15) is 40.9 Å². The molecule has 26 atom stereocenters. The van der Waals surface area contributed by atoms with Crippen LogP contribution in [0.25, 0.3) is 0 Å². The summed E-state index contributed by atoms with van der Waals surface area (Å²) in [6, 6.07) is 0. The van der Waals surface area contributed by atoms with E-state index < -0.39 is 109 Å². The molecule has 1 spiro atoms. The summed E-state index contributed by atoms with van der Waals surface area (Å²) in [6.45, 7) is 12.8. The van der Waals surface area contributed by atoms with Crippen molar-refractivity contribution in [1.29, 1.82) is 0 Å². The first-order valence-corrected chi connectivity index (χ1v) is 22.7. The lowest BCUT2D eigenvalue weighted by molar-refractivity contribution is -0.391. The Morgan fingerprint density at radius 2 is 1.38 bits per heavy atom. The molecular formula is C44H70O16. The van der Waals surface area contributed by atoms with Crippen LogP contribution in [0.15, 0.2) is 11.6 Å². The number of aliphatic hydroxyl groups excluding tert-OH is 8. The van der Waals surface area contributed by atoms with Gasteiger partial charge in [0.15, 0.2) is 24.7 Å². The lowest BCUT2D eigenvalue weighted by Crippen LogP contribution is -2.66. The predicted molar refractivity (Wildman–Crippen MR) is 208 cm³/mol. The summed E-state index contributed by atoms with van der Waals surface area (Å²) in [6.07, 6.45) is -12.0. The van der Waals surface area contributed by atoms with E-state index in [1.165, 1.54) is 6.92 Å². The molecule has 5 heterocycles.